The second-order valence-electron chi connectivity index (χ2n) is 5.84. The van der Waals surface area contributed by atoms with Crippen LogP contribution in [0, 0.1) is 11.3 Å². The molecule has 0 saturated carbocycles. The van der Waals surface area contributed by atoms with Crippen LogP contribution in [0.1, 0.15) is 32.4 Å². The summed E-state index contributed by atoms with van der Waals surface area (Å²) in [6.45, 7) is 5.17. The molecule has 0 fully saturated rings. The smallest absolute Gasteiger partial charge is 0.408 e. The first-order valence-corrected chi connectivity index (χ1v) is 6.91. The largest absolute Gasteiger partial charge is 0.444 e. The van der Waals surface area contributed by atoms with E-state index in [1.165, 1.54) is 11.9 Å². The van der Waals surface area contributed by atoms with E-state index in [1.54, 1.807) is 45.0 Å². The Balaban J connectivity index is 2.96. The maximum atomic E-state index is 12.4. The normalized spacial score (nSPS) is 12.0. The summed E-state index contributed by atoms with van der Waals surface area (Å²) < 4.78 is 5.19. The molecule has 118 valence electrons. The lowest BCUT2D eigenvalue weighted by Crippen LogP contribution is -2.43. The fourth-order valence-corrected chi connectivity index (χ4v) is 1.76. The Morgan fingerprint density at radius 3 is 2.41 bits per heavy atom. The Morgan fingerprint density at radius 1 is 1.32 bits per heavy atom. The maximum absolute atomic E-state index is 12.4. The minimum absolute atomic E-state index is 0.0574. The molecule has 0 radical (unpaired) electrons. The standard InChI is InChI=1S/C16H21N3O3/c1-16(2,3)22-15(21)18-13(12-8-6-5-7-9-12)14(20)19(4)11-10-17/h5-9,13H,11H2,1-4H3,(H,18,21)/t13-/m0/s1. The van der Waals surface area contributed by atoms with Crippen LogP contribution < -0.4 is 5.32 Å². The zero-order chi connectivity index (χ0) is 16.8. The molecule has 0 aliphatic heterocycles. The third-order valence-corrected chi connectivity index (χ3v) is 2.73. The van der Waals surface area contributed by atoms with E-state index in [4.69, 9.17) is 10.00 Å². The molecule has 0 unspecified atom stereocenters. The fraction of sp³-hybridized carbons (Fsp3) is 0.438. The summed E-state index contributed by atoms with van der Waals surface area (Å²) in [5.41, 5.74) is -0.0319. The molecular formula is C16H21N3O3. The van der Waals surface area contributed by atoms with Crippen LogP contribution in [-0.4, -0.2) is 36.1 Å². The highest BCUT2D eigenvalue weighted by atomic mass is 16.6. The van der Waals surface area contributed by atoms with E-state index in [2.05, 4.69) is 5.32 Å². The second-order valence-corrected chi connectivity index (χ2v) is 5.84. The van der Waals surface area contributed by atoms with Gasteiger partial charge in [-0.25, -0.2) is 4.79 Å². The molecule has 0 spiro atoms. The molecule has 22 heavy (non-hydrogen) atoms. The lowest BCUT2D eigenvalue weighted by atomic mass is 10.1. The number of amides is 2. The summed E-state index contributed by atoms with van der Waals surface area (Å²) in [5, 5.41) is 11.3. The number of benzene rings is 1. The average Bonchev–Trinajstić information content (AvgIpc) is 2.43. The SMILES string of the molecule is CN(CC#N)C(=O)[C@@H](NC(=O)OC(C)(C)C)c1ccccc1. The Bertz CT molecular complexity index is 558. The molecule has 6 heteroatoms. The first-order valence-electron chi connectivity index (χ1n) is 6.91. The van der Waals surface area contributed by atoms with Crippen LogP contribution in [0.15, 0.2) is 30.3 Å². The molecular weight excluding hydrogens is 282 g/mol. The van der Waals surface area contributed by atoms with Crippen molar-refractivity contribution in [3.63, 3.8) is 0 Å². The summed E-state index contributed by atoms with van der Waals surface area (Å²) in [5.74, 6) is -0.376. The minimum Gasteiger partial charge on any atom is -0.444 e. The Kier molecular flexibility index (Phi) is 5.93. The molecule has 1 rings (SSSR count). The van der Waals surface area contributed by atoms with Gasteiger partial charge in [-0.2, -0.15) is 5.26 Å². The van der Waals surface area contributed by atoms with E-state index in [0.717, 1.165) is 0 Å². The topological polar surface area (TPSA) is 82.4 Å². The lowest BCUT2D eigenvalue weighted by Gasteiger charge is -2.25. The van der Waals surface area contributed by atoms with Gasteiger partial charge < -0.3 is 15.0 Å². The number of hydrogen-bond acceptors (Lipinski definition) is 4. The highest BCUT2D eigenvalue weighted by Gasteiger charge is 2.27. The lowest BCUT2D eigenvalue weighted by molar-refractivity contribution is -0.131. The summed E-state index contributed by atoms with van der Waals surface area (Å²) in [6, 6.07) is 9.85. The van der Waals surface area contributed by atoms with Crippen LogP contribution >= 0.6 is 0 Å². The van der Waals surface area contributed by atoms with Crippen LogP contribution in [-0.2, 0) is 9.53 Å². The van der Waals surface area contributed by atoms with Gasteiger partial charge in [0.25, 0.3) is 5.91 Å². The molecule has 0 heterocycles. The van der Waals surface area contributed by atoms with Gasteiger partial charge in [0.1, 0.15) is 18.2 Å². The second kappa shape index (κ2) is 7.46. The Labute approximate surface area is 130 Å². The fourth-order valence-electron chi connectivity index (χ4n) is 1.76. The molecule has 0 bridgehead atoms. The minimum atomic E-state index is -0.894. The molecule has 0 aromatic heterocycles. The number of alkyl carbamates (subject to hydrolysis) is 1. The maximum Gasteiger partial charge on any atom is 0.408 e. The number of nitrogens with zero attached hydrogens (tertiary/aromatic N) is 2. The number of rotatable bonds is 4. The number of carbonyl (C=O) groups is 2. The third kappa shape index (κ3) is 5.44. The van der Waals surface area contributed by atoms with E-state index < -0.39 is 17.7 Å². The molecule has 1 atom stereocenters. The summed E-state index contributed by atoms with van der Waals surface area (Å²) in [7, 11) is 1.51. The van der Waals surface area contributed by atoms with Crippen molar-refractivity contribution in [2.45, 2.75) is 32.4 Å². The molecule has 0 aliphatic rings. The van der Waals surface area contributed by atoms with E-state index >= 15 is 0 Å². The van der Waals surface area contributed by atoms with Crippen molar-refractivity contribution in [2.24, 2.45) is 0 Å². The van der Waals surface area contributed by atoms with Crippen LogP contribution in [0.5, 0.6) is 0 Å². The first-order chi connectivity index (χ1) is 10.2. The zero-order valence-electron chi connectivity index (χ0n) is 13.3. The number of nitriles is 1. The van der Waals surface area contributed by atoms with Crippen molar-refractivity contribution < 1.29 is 14.3 Å². The molecule has 0 aliphatic carbocycles. The quantitative estimate of drug-likeness (QED) is 0.865. The number of carbonyl (C=O) groups excluding carboxylic acids is 2. The van der Waals surface area contributed by atoms with E-state index in [1.807, 2.05) is 12.1 Å². The summed E-state index contributed by atoms with van der Waals surface area (Å²) >= 11 is 0. The van der Waals surface area contributed by atoms with Gasteiger partial charge in [-0.3, -0.25) is 4.79 Å². The predicted molar refractivity (Wildman–Crippen MR) is 81.8 cm³/mol. The van der Waals surface area contributed by atoms with Gasteiger partial charge >= 0.3 is 6.09 Å². The first kappa shape index (κ1) is 17.5. The van der Waals surface area contributed by atoms with Gasteiger partial charge in [0.05, 0.1) is 6.07 Å². The van der Waals surface area contributed by atoms with Gasteiger partial charge in [0.2, 0.25) is 0 Å². The molecule has 1 aromatic rings. The van der Waals surface area contributed by atoms with Crippen LogP contribution in [0.4, 0.5) is 4.79 Å². The van der Waals surface area contributed by atoms with Gasteiger partial charge in [-0.15, -0.1) is 0 Å². The Morgan fingerprint density at radius 2 is 1.91 bits per heavy atom. The molecule has 0 saturated heterocycles. The van der Waals surface area contributed by atoms with E-state index in [9.17, 15) is 9.59 Å². The van der Waals surface area contributed by atoms with E-state index in [-0.39, 0.29) is 12.5 Å². The highest BCUT2D eigenvalue weighted by molar-refractivity contribution is 5.87. The average molecular weight is 303 g/mol. The summed E-state index contributed by atoms with van der Waals surface area (Å²) in [4.78, 5) is 25.7. The number of likely N-dealkylation sites (N-methyl/N-ethyl adjacent to an activating group) is 1. The van der Waals surface area contributed by atoms with Crippen molar-refractivity contribution in [1.82, 2.24) is 10.2 Å². The molecule has 1 aromatic carbocycles. The zero-order valence-corrected chi connectivity index (χ0v) is 13.3. The van der Waals surface area contributed by atoms with Gasteiger partial charge in [-0.05, 0) is 26.3 Å². The van der Waals surface area contributed by atoms with E-state index in [0.29, 0.717) is 5.56 Å². The van der Waals surface area contributed by atoms with Crippen LogP contribution in [0.2, 0.25) is 0 Å². The van der Waals surface area contributed by atoms with Crippen LogP contribution in [0.3, 0.4) is 0 Å². The Hall–Kier alpha value is -2.55. The van der Waals surface area contributed by atoms with Gasteiger partial charge in [0, 0.05) is 7.05 Å². The van der Waals surface area contributed by atoms with Crippen LogP contribution in [0.25, 0.3) is 0 Å². The number of ether oxygens (including phenoxy) is 1. The van der Waals surface area contributed by atoms with Gasteiger partial charge in [-0.1, -0.05) is 30.3 Å². The molecule has 6 nitrogen and oxygen atoms in total. The summed E-state index contributed by atoms with van der Waals surface area (Å²) in [6.07, 6.45) is -0.680. The van der Waals surface area contributed by atoms with Crippen molar-refractivity contribution >= 4 is 12.0 Å². The molecule has 1 N–H and O–H groups in total. The van der Waals surface area contributed by atoms with Crippen molar-refractivity contribution in [2.75, 3.05) is 13.6 Å². The van der Waals surface area contributed by atoms with Crippen molar-refractivity contribution in [1.29, 1.82) is 5.26 Å². The monoisotopic (exact) mass is 303 g/mol. The number of hydrogen-bond donors (Lipinski definition) is 1. The predicted octanol–water partition coefficient (Wildman–Crippen LogP) is 2.23. The van der Waals surface area contributed by atoms with Crippen molar-refractivity contribution in [3.05, 3.63) is 35.9 Å². The third-order valence-electron chi connectivity index (χ3n) is 2.73. The van der Waals surface area contributed by atoms with Gasteiger partial charge in [0.15, 0.2) is 0 Å². The van der Waals surface area contributed by atoms with Crippen molar-refractivity contribution in [3.8, 4) is 6.07 Å². The number of nitrogens with one attached hydrogen (secondary N) is 1. The molecule has 2 amide bonds. The highest BCUT2D eigenvalue weighted by Crippen LogP contribution is 2.16.